The van der Waals surface area contributed by atoms with Gasteiger partial charge in [-0.05, 0) is 185 Å². The Bertz CT molecular complexity index is 3280. The average molecular weight is 994 g/mol. The third-order valence-electron chi connectivity index (χ3n) is 12.1. The largest absolute Gasteiger partial charge is 0.219 e. The molecule has 0 saturated carbocycles. The first-order valence-corrected chi connectivity index (χ1v) is 26.8. The van der Waals surface area contributed by atoms with Gasteiger partial charge in [-0.25, -0.2) is 33.7 Å². The second-order valence-corrected chi connectivity index (χ2v) is 24.9. The maximum absolute atomic E-state index is 14.5. The third kappa shape index (κ3) is 6.72. The number of fused-ring (bicyclic) bond motifs is 10. The standard InChI is InChI=1S/C50H31Cl3O8S4/c1-30-2-10-34(11-3-30)62(54,55)38-18-22-42-43-23-19-39(63(56,57)35-12-4-31(51)5-13-35)27-47(43)50(46(42)26-38)48-28-40(64(58,59)36-14-6-32(52)7-15-36)20-24-44(48)45-25-21-41(29-49(45)50)65(60,61)37-16-8-33(53)9-17-37/h2-29H,1H3. The number of benzene rings is 8. The molecular weight excluding hydrogens is 963 g/mol. The van der Waals surface area contributed by atoms with Crippen LogP contribution < -0.4 is 0 Å². The van der Waals surface area contributed by atoms with Gasteiger partial charge < -0.3 is 0 Å². The lowest BCUT2D eigenvalue weighted by Crippen LogP contribution is -2.27. The molecule has 0 bridgehead atoms. The zero-order chi connectivity index (χ0) is 45.8. The summed E-state index contributed by atoms with van der Waals surface area (Å²) in [5, 5.41) is 0.991. The van der Waals surface area contributed by atoms with Crippen LogP contribution in [-0.2, 0) is 44.8 Å². The molecule has 0 aromatic heterocycles. The minimum absolute atomic E-state index is 0.0314. The van der Waals surface area contributed by atoms with Crippen LogP contribution in [0.4, 0.5) is 0 Å². The molecule has 0 unspecified atom stereocenters. The highest BCUT2D eigenvalue weighted by Gasteiger charge is 2.53. The summed E-state index contributed by atoms with van der Waals surface area (Å²) in [7, 11) is -16.9. The van der Waals surface area contributed by atoms with E-state index in [-0.39, 0.29) is 39.2 Å². The smallest absolute Gasteiger partial charge is 0.206 e. The maximum atomic E-state index is 14.5. The Hall–Kier alpha value is -5.57. The molecule has 0 aliphatic heterocycles. The Morgan fingerprint density at radius 3 is 0.723 bits per heavy atom. The summed E-state index contributed by atoms with van der Waals surface area (Å²) in [6, 6.07) is 42.0. The molecule has 0 N–H and O–H groups in total. The SMILES string of the molecule is Cc1ccc(S(=O)(=O)c2ccc3c(c2)C2(c4cc(S(=O)(=O)c5ccc(Cl)cc5)ccc4-3)c3cc(S(=O)(=O)c4ccc(Cl)cc4)ccc3-c3ccc(S(=O)(=O)c4ccc(Cl)cc4)cc32)cc1. The molecule has 0 saturated heterocycles. The highest BCUT2D eigenvalue weighted by Crippen LogP contribution is 2.64. The van der Waals surface area contributed by atoms with Crippen molar-refractivity contribution in [2.45, 2.75) is 51.5 Å². The second-order valence-electron chi connectivity index (χ2n) is 15.8. The quantitative estimate of drug-likeness (QED) is 0.147. The molecule has 0 atom stereocenters. The van der Waals surface area contributed by atoms with Crippen molar-refractivity contribution in [2.24, 2.45) is 0 Å². The molecule has 2 aliphatic rings. The summed E-state index contributed by atoms with van der Waals surface area (Å²) >= 11 is 18.5. The van der Waals surface area contributed by atoms with Gasteiger partial charge in [0.05, 0.1) is 44.6 Å². The van der Waals surface area contributed by atoms with Gasteiger partial charge in [-0.1, -0.05) is 76.8 Å². The van der Waals surface area contributed by atoms with Crippen molar-refractivity contribution < 1.29 is 33.7 Å². The number of aryl methyl sites for hydroxylation is 1. The van der Waals surface area contributed by atoms with Crippen LogP contribution >= 0.6 is 34.8 Å². The predicted molar refractivity (Wildman–Crippen MR) is 250 cm³/mol. The molecule has 0 heterocycles. The van der Waals surface area contributed by atoms with Gasteiger partial charge in [0, 0.05) is 15.1 Å². The number of sulfone groups is 4. The first-order chi connectivity index (χ1) is 30.8. The van der Waals surface area contributed by atoms with E-state index in [0.717, 1.165) is 5.56 Å². The summed E-state index contributed by atoms with van der Waals surface area (Å²) in [6.07, 6.45) is 0. The van der Waals surface area contributed by atoms with Crippen molar-refractivity contribution in [3.63, 3.8) is 0 Å². The molecule has 10 rings (SSSR count). The van der Waals surface area contributed by atoms with Crippen LogP contribution in [0.2, 0.25) is 15.1 Å². The molecule has 0 radical (unpaired) electrons. The van der Waals surface area contributed by atoms with E-state index in [2.05, 4.69) is 0 Å². The van der Waals surface area contributed by atoms with Crippen LogP contribution in [0.25, 0.3) is 22.3 Å². The number of hydrogen-bond donors (Lipinski definition) is 0. The van der Waals surface area contributed by atoms with Gasteiger partial charge in [0.15, 0.2) is 0 Å². The number of rotatable bonds is 8. The molecule has 1 spiro atoms. The van der Waals surface area contributed by atoms with Crippen LogP contribution in [0.3, 0.4) is 0 Å². The van der Waals surface area contributed by atoms with Gasteiger partial charge >= 0.3 is 0 Å². The number of halogens is 3. The first kappa shape index (κ1) is 43.3. The lowest BCUT2D eigenvalue weighted by Gasteiger charge is -2.31. The van der Waals surface area contributed by atoms with E-state index in [1.165, 1.54) is 133 Å². The molecule has 8 aromatic rings. The molecule has 8 aromatic carbocycles. The normalized spacial score (nSPS) is 13.8. The molecule has 65 heavy (non-hydrogen) atoms. The van der Waals surface area contributed by atoms with Crippen LogP contribution in [0.15, 0.2) is 209 Å². The maximum Gasteiger partial charge on any atom is 0.206 e. The van der Waals surface area contributed by atoms with Crippen LogP contribution in [0.1, 0.15) is 27.8 Å². The summed E-state index contributed by atoms with van der Waals surface area (Å²) in [5.41, 5.74) is 2.66. The van der Waals surface area contributed by atoms with E-state index in [0.29, 0.717) is 59.6 Å². The topological polar surface area (TPSA) is 137 Å². The van der Waals surface area contributed by atoms with Crippen molar-refractivity contribution in [1.82, 2.24) is 0 Å². The van der Waals surface area contributed by atoms with Gasteiger partial charge in [-0.2, -0.15) is 0 Å². The summed E-state index contributed by atoms with van der Waals surface area (Å²) < 4.78 is 116. The van der Waals surface area contributed by atoms with E-state index in [9.17, 15) is 33.7 Å². The van der Waals surface area contributed by atoms with E-state index >= 15 is 0 Å². The molecule has 0 fully saturated rings. The predicted octanol–water partition coefficient (Wildman–Crippen LogP) is 11.6. The zero-order valence-electron chi connectivity index (χ0n) is 33.7. The Kier molecular flexibility index (Phi) is 10.2. The van der Waals surface area contributed by atoms with Gasteiger partial charge in [0.25, 0.3) is 0 Å². The number of hydrogen-bond acceptors (Lipinski definition) is 8. The Balaban J connectivity index is 1.32. The van der Waals surface area contributed by atoms with Crippen molar-refractivity contribution in [3.8, 4) is 22.3 Å². The van der Waals surface area contributed by atoms with E-state index in [1.54, 1.807) is 36.4 Å². The second kappa shape index (κ2) is 15.2. The molecule has 8 nitrogen and oxygen atoms in total. The molecule has 324 valence electrons. The van der Waals surface area contributed by atoms with E-state index < -0.39 is 44.8 Å². The highest BCUT2D eigenvalue weighted by molar-refractivity contribution is 7.92. The van der Waals surface area contributed by atoms with Crippen molar-refractivity contribution in [3.05, 3.63) is 213 Å². The minimum atomic E-state index is -4.25. The first-order valence-electron chi connectivity index (χ1n) is 19.8. The van der Waals surface area contributed by atoms with E-state index in [4.69, 9.17) is 34.8 Å². The summed E-state index contributed by atoms with van der Waals surface area (Å²) in [5.74, 6) is 0. The van der Waals surface area contributed by atoms with Crippen LogP contribution in [-0.4, -0.2) is 33.7 Å². The monoisotopic (exact) mass is 992 g/mol. The third-order valence-corrected chi connectivity index (χ3v) is 19.9. The fraction of sp³-hybridized carbons (Fsp3) is 0.0400. The van der Waals surface area contributed by atoms with E-state index in [1.807, 2.05) is 6.92 Å². The Morgan fingerprint density at radius 2 is 0.492 bits per heavy atom. The summed E-state index contributed by atoms with van der Waals surface area (Å²) in [4.78, 5) is -0.558. The van der Waals surface area contributed by atoms with Gasteiger partial charge in [0.1, 0.15) is 0 Å². The molecule has 0 amide bonds. The van der Waals surface area contributed by atoms with Crippen LogP contribution in [0, 0.1) is 6.92 Å². The average Bonchev–Trinajstić information content (AvgIpc) is 3.75. The Labute approximate surface area is 391 Å². The lowest BCUT2D eigenvalue weighted by molar-refractivity contribution is 0.594. The van der Waals surface area contributed by atoms with Crippen molar-refractivity contribution >= 4 is 74.2 Å². The van der Waals surface area contributed by atoms with Gasteiger partial charge in [0.2, 0.25) is 39.3 Å². The highest BCUT2D eigenvalue weighted by atomic mass is 35.5. The molecular formula is C50H31Cl3O8S4. The van der Waals surface area contributed by atoms with Gasteiger partial charge in [-0.15, -0.1) is 0 Å². The fourth-order valence-electron chi connectivity index (χ4n) is 8.92. The molecule has 15 heteroatoms. The summed E-state index contributed by atoms with van der Waals surface area (Å²) in [6.45, 7) is 1.84. The molecule has 2 aliphatic carbocycles. The van der Waals surface area contributed by atoms with Crippen molar-refractivity contribution in [2.75, 3.05) is 0 Å². The van der Waals surface area contributed by atoms with Crippen LogP contribution in [0.5, 0.6) is 0 Å². The Morgan fingerprint density at radius 1 is 0.292 bits per heavy atom. The fourth-order valence-corrected chi connectivity index (χ4v) is 14.4. The van der Waals surface area contributed by atoms with Crippen molar-refractivity contribution in [1.29, 1.82) is 0 Å². The minimum Gasteiger partial charge on any atom is -0.219 e. The zero-order valence-corrected chi connectivity index (χ0v) is 39.2. The van der Waals surface area contributed by atoms with Gasteiger partial charge in [-0.3, -0.25) is 0 Å². The lowest BCUT2D eigenvalue weighted by atomic mass is 9.70.